The van der Waals surface area contributed by atoms with E-state index in [9.17, 15) is 30.3 Å². The number of benzene rings is 2. The summed E-state index contributed by atoms with van der Waals surface area (Å²) in [5.41, 5.74) is 1.13. The Bertz CT molecular complexity index is 918. The van der Waals surface area contributed by atoms with E-state index in [2.05, 4.69) is 0 Å². The van der Waals surface area contributed by atoms with E-state index in [4.69, 9.17) is 14.2 Å². The zero-order valence-corrected chi connectivity index (χ0v) is 20.1. The van der Waals surface area contributed by atoms with Gasteiger partial charge in [-0.3, -0.25) is 4.79 Å². The summed E-state index contributed by atoms with van der Waals surface area (Å²) in [5, 5.41) is 48.6. The van der Waals surface area contributed by atoms with E-state index in [1.165, 1.54) is 18.2 Å². The molecule has 1 saturated heterocycles. The number of hydrogen-bond acceptors (Lipinski definition) is 9. The molecule has 5 N–H and O–H groups in total. The Labute approximate surface area is 199 Å². The maximum atomic E-state index is 12.4. The molecule has 0 saturated carbocycles. The van der Waals surface area contributed by atoms with Crippen molar-refractivity contribution in [3.05, 3.63) is 61.0 Å². The molecule has 6 atom stereocenters. The first-order valence-electron chi connectivity index (χ1n) is 9.47. The van der Waals surface area contributed by atoms with Crippen molar-refractivity contribution in [3.63, 3.8) is 0 Å². The van der Waals surface area contributed by atoms with Crippen LogP contribution in [0.2, 0.25) is 0 Å². The van der Waals surface area contributed by atoms with Gasteiger partial charge in [0.25, 0.3) is 0 Å². The minimum atomic E-state index is -1.53. The quantitative estimate of drug-likeness (QED) is 0.314. The van der Waals surface area contributed by atoms with Crippen LogP contribution >= 0.6 is 0 Å². The van der Waals surface area contributed by atoms with Crippen molar-refractivity contribution in [3.8, 4) is 17.2 Å². The number of ether oxygens (including phenoxy) is 3. The molecule has 174 valence electrons. The average Bonchev–Trinajstić information content (AvgIpc) is 2.74. The number of aliphatic hydroxyl groups excluding tert-OH is 4. The van der Waals surface area contributed by atoms with Gasteiger partial charge in [-0.1, -0.05) is 12.1 Å². The van der Waals surface area contributed by atoms with Gasteiger partial charge < -0.3 is 47.2 Å². The van der Waals surface area contributed by atoms with E-state index in [1.807, 2.05) is 0 Å². The molecule has 10 heteroatoms. The maximum absolute atomic E-state index is 12.4. The Hall–Kier alpha value is -2.00. The maximum Gasteiger partial charge on any atom is 0.229 e. The van der Waals surface area contributed by atoms with E-state index >= 15 is 0 Å². The molecule has 0 amide bonds. The minimum Gasteiger partial charge on any atom is -0.508 e. The predicted molar refractivity (Wildman–Crippen MR) is 108 cm³/mol. The summed E-state index contributed by atoms with van der Waals surface area (Å²) in [6, 6.07) is 10.9. The number of aromatic hydroxyl groups is 1. The molecule has 0 bridgehead atoms. The number of phenolic OH excluding ortho intramolecular Hbond substituents is 1. The van der Waals surface area contributed by atoms with Gasteiger partial charge in [-0.2, -0.15) is 0 Å². The fraction of sp³-hybridized carbons (Fsp3) is 0.364. The summed E-state index contributed by atoms with van der Waals surface area (Å²) in [6.07, 6.45) is -7.24. The van der Waals surface area contributed by atoms with Gasteiger partial charge in [-0.25, -0.2) is 0 Å². The van der Waals surface area contributed by atoms with Crippen LogP contribution in [0.1, 0.15) is 28.4 Å². The van der Waals surface area contributed by atoms with Gasteiger partial charge in [0.1, 0.15) is 47.8 Å². The second kappa shape index (κ2) is 10.7. The molecule has 1 fully saturated rings. The number of rotatable bonds is 4. The van der Waals surface area contributed by atoms with Crippen LogP contribution in [0.25, 0.3) is 0 Å². The molecule has 0 aliphatic carbocycles. The number of carbonyl (C=O) groups is 1. The normalized spacial score (nSPS) is 29.1. The molecule has 32 heavy (non-hydrogen) atoms. The number of carbonyl (C=O) groups excluding carboxylic acids is 1. The summed E-state index contributed by atoms with van der Waals surface area (Å²) in [7, 11) is 0. The van der Waals surface area contributed by atoms with Gasteiger partial charge >= 0.3 is 0 Å². The Morgan fingerprint density at radius 2 is 1.69 bits per heavy atom. The van der Waals surface area contributed by atoms with Crippen molar-refractivity contribution in [2.75, 3.05) is 6.61 Å². The van der Waals surface area contributed by atoms with Crippen LogP contribution in [0.4, 0.5) is 0 Å². The van der Waals surface area contributed by atoms with E-state index in [1.54, 1.807) is 24.3 Å². The molecular weight excluding hydrogens is 592 g/mol. The Morgan fingerprint density at radius 3 is 2.34 bits per heavy atom. The van der Waals surface area contributed by atoms with Crippen molar-refractivity contribution in [2.24, 2.45) is 0 Å². The summed E-state index contributed by atoms with van der Waals surface area (Å²) in [4.78, 5) is 12.4. The van der Waals surface area contributed by atoms with Crippen LogP contribution in [0.5, 0.6) is 17.2 Å². The number of phenols is 1. The average molecular weight is 617 g/mol. The van der Waals surface area contributed by atoms with Gasteiger partial charge in [0, 0.05) is 27.1 Å². The number of aliphatic hydroxyl groups is 4. The molecule has 2 aromatic rings. The number of Topliss-reactive ketones (excluding diaryl/α,β-unsaturated/α-hetero) is 1. The smallest absolute Gasteiger partial charge is 0.229 e. The van der Waals surface area contributed by atoms with Crippen LogP contribution < -0.4 is 9.47 Å². The number of hydrogen-bond donors (Lipinski definition) is 5. The standard InChI is InChI=1S/C21H22O9.CH3.W/c22-9-17-18(25)19(26)20(27)21(30-17)28-12-4-1-10(2-5-12)15-8-14(24)13-6-3-11(23)7-16(13)29-15;;/h1-7,15,17-23,25-27H,8-9H2;1H3;/q;-1;/t15-,17?,18?,19?,20?,21?;;/m0../s1. The van der Waals surface area contributed by atoms with Crippen molar-refractivity contribution in [1.29, 1.82) is 0 Å². The van der Waals surface area contributed by atoms with Gasteiger partial charge in [0.2, 0.25) is 6.29 Å². The third-order valence-corrected chi connectivity index (χ3v) is 5.26. The number of ketones is 1. The van der Waals surface area contributed by atoms with Crippen LogP contribution in [-0.2, 0) is 25.8 Å². The Balaban J connectivity index is 0.00000181. The van der Waals surface area contributed by atoms with E-state index in [0.29, 0.717) is 22.6 Å². The molecular formula is C22H25O9W-. The van der Waals surface area contributed by atoms with Gasteiger partial charge in [-0.15, -0.1) is 0 Å². The summed E-state index contributed by atoms with van der Waals surface area (Å²) >= 11 is 0. The summed E-state index contributed by atoms with van der Waals surface area (Å²) in [5.74, 6) is 0.537. The fourth-order valence-electron chi connectivity index (χ4n) is 3.56. The second-order valence-electron chi connectivity index (χ2n) is 7.30. The Morgan fingerprint density at radius 1 is 1.00 bits per heavy atom. The largest absolute Gasteiger partial charge is 0.508 e. The molecule has 4 rings (SSSR count). The molecule has 0 spiro atoms. The van der Waals surface area contributed by atoms with Crippen LogP contribution in [0, 0.1) is 7.43 Å². The molecule has 9 nitrogen and oxygen atoms in total. The van der Waals surface area contributed by atoms with E-state index in [-0.39, 0.29) is 46.4 Å². The predicted octanol–water partition coefficient (Wildman–Crippen LogP) is 0.725. The molecule has 2 aromatic carbocycles. The van der Waals surface area contributed by atoms with Gasteiger partial charge in [-0.05, 0) is 29.8 Å². The minimum absolute atomic E-state index is 0. The zero-order chi connectivity index (χ0) is 21.4. The topological polar surface area (TPSA) is 146 Å². The zero-order valence-electron chi connectivity index (χ0n) is 17.2. The molecule has 0 radical (unpaired) electrons. The van der Waals surface area contributed by atoms with E-state index in [0.717, 1.165) is 0 Å². The molecule has 2 aliphatic heterocycles. The first kappa shape index (κ1) is 26.3. The number of fused-ring (bicyclic) bond motifs is 1. The molecule has 5 unspecified atom stereocenters. The molecule has 2 heterocycles. The van der Waals surface area contributed by atoms with E-state index < -0.39 is 43.4 Å². The first-order valence-corrected chi connectivity index (χ1v) is 9.47. The van der Waals surface area contributed by atoms with Gasteiger partial charge in [0.05, 0.1) is 18.6 Å². The monoisotopic (exact) mass is 617 g/mol. The third-order valence-electron chi connectivity index (χ3n) is 5.26. The summed E-state index contributed by atoms with van der Waals surface area (Å²) in [6.45, 7) is -0.548. The van der Waals surface area contributed by atoms with Crippen molar-refractivity contribution < 1.29 is 65.6 Å². The van der Waals surface area contributed by atoms with Crippen molar-refractivity contribution >= 4 is 5.78 Å². The van der Waals surface area contributed by atoms with Crippen molar-refractivity contribution in [1.82, 2.24) is 0 Å². The molecule has 2 aliphatic rings. The first-order chi connectivity index (χ1) is 14.4. The second-order valence-corrected chi connectivity index (χ2v) is 7.30. The molecule has 0 aromatic heterocycles. The van der Waals surface area contributed by atoms with Crippen LogP contribution in [0.15, 0.2) is 42.5 Å². The fourth-order valence-corrected chi connectivity index (χ4v) is 3.56. The summed E-state index contributed by atoms with van der Waals surface area (Å²) < 4.78 is 16.7. The third kappa shape index (κ3) is 5.14. The SMILES string of the molecule is O=C1C[C@@H](c2ccc(OC3OC(CO)C(O)C(O)C3O)cc2)Oc2cc(O)ccc21.[CH3-].[W]. The van der Waals surface area contributed by atoms with Crippen LogP contribution in [-0.4, -0.2) is 68.6 Å². The van der Waals surface area contributed by atoms with Crippen molar-refractivity contribution in [2.45, 2.75) is 43.2 Å². The van der Waals surface area contributed by atoms with Gasteiger partial charge in [0.15, 0.2) is 5.78 Å². The Kier molecular flexibility index (Phi) is 8.81. The van der Waals surface area contributed by atoms with Crippen LogP contribution in [0.3, 0.4) is 0 Å².